The summed E-state index contributed by atoms with van der Waals surface area (Å²) in [5, 5.41) is 9.26. The zero-order chi connectivity index (χ0) is 56.0. The van der Waals surface area contributed by atoms with E-state index in [1.165, 1.54) is 0 Å². The van der Waals surface area contributed by atoms with Gasteiger partial charge in [0.05, 0.1) is 18.1 Å². The van der Waals surface area contributed by atoms with Crippen LogP contribution in [0, 0.1) is 17.8 Å². The van der Waals surface area contributed by atoms with Crippen molar-refractivity contribution in [2.24, 2.45) is 29.2 Å². The maximum Gasteiger partial charge on any atom is 0.253 e. The van der Waals surface area contributed by atoms with Gasteiger partial charge in [0.1, 0.15) is 12.1 Å². The first-order valence-corrected chi connectivity index (χ1v) is 29.4. The van der Waals surface area contributed by atoms with Crippen molar-refractivity contribution < 1.29 is 28.8 Å². The summed E-state index contributed by atoms with van der Waals surface area (Å²) in [5.41, 5.74) is 18.2. The predicted octanol–water partition coefficient (Wildman–Crippen LogP) is 6.97. The Bertz CT molecular complexity index is 2640. The van der Waals surface area contributed by atoms with Gasteiger partial charge in [-0.1, -0.05) is 137 Å². The average molecular weight is 1080 g/mol. The Morgan fingerprint density at radius 2 is 0.911 bits per heavy atom. The highest BCUT2D eigenvalue weighted by Gasteiger charge is 2.43. The van der Waals surface area contributed by atoms with Crippen LogP contribution >= 0.6 is 0 Å². The summed E-state index contributed by atoms with van der Waals surface area (Å²) in [4.78, 5) is 92.6. The minimum atomic E-state index is -0.668. The van der Waals surface area contributed by atoms with Gasteiger partial charge in [-0.15, -0.1) is 0 Å². The lowest BCUT2D eigenvalue weighted by Crippen LogP contribution is -2.57. The molecule has 2 aliphatic heterocycles. The number of hydrogen-bond donors (Lipinski definition) is 5. The molecule has 15 heteroatoms. The van der Waals surface area contributed by atoms with Gasteiger partial charge in [0.15, 0.2) is 0 Å². The number of rotatable bonds is 22. The van der Waals surface area contributed by atoms with Gasteiger partial charge in [0.25, 0.3) is 11.8 Å². The van der Waals surface area contributed by atoms with E-state index < -0.39 is 18.1 Å². The van der Waals surface area contributed by atoms with Crippen molar-refractivity contribution >= 4 is 35.4 Å². The molecule has 0 aromatic heterocycles. The first-order chi connectivity index (χ1) is 38.2. The van der Waals surface area contributed by atoms with E-state index >= 15 is 0 Å². The molecule has 6 amide bonds. The number of likely N-dealkylation sites (tertiary alicyclic amines) is 2. The monoisotopic (exact) mass is 1080 g/mol. The molecule has 2 heterocycles. The highest BCUT2D eigenvalue weighted by molar-refractivity contribution is 5.96. The number of likely N-dealkylation sites (N-methyl/N-ethyl adjacent to an activating group) is 1. The first-order valence-electron chi connectivity index (χ1n) is 29.4. The van der Waals surface area contributed by atoms with E-state index in [4.69, 9.17) is 11.5 Å². The minimum absolute atomic E-state index is 0.0280. The summed E-state index contributed by atoms with van der Waals surface area (Å²) in [7, 11) is 1.73. The highest BCUT2D eigenvalue weighted by atomic mass is 16.2. The van der Waals surface area contributed by atoms with Crippen molar-refractivity contribution in [3.8, 4) is 11.1 Å². The Kier molecular flexibility index (Phi) is 20.9. The van der Waals surface area contributed by atoms with E-state index in [0.29, 0.717) is 76.1 Å². The first kappa shape index (κ1) is 58.7. The third-order valence-electron chi connectivity index (χ3n) is 17.2. The average Bonchev–Trinajstić information content (AvgIpc) is 4.14. The molecule has 7 N–H and O–H groups in total. The highest BCUT2D eigenvalue weighted by Crippen LogP contribution is 2.32. The van der Waals surface area contributed by atoms with Crippen molar-refractivity contribution in [2.45, 2.75) is 153 Å². The zero-order valence-electron chi connectivity index (χ0n) is 47.2. The molecular weight excluding hydrogens is 991 g/mol. The summed E-state index contributed by atoms with van der Waals surface area (Å²) >= 11 is 0. The molecular formula is C64H87N9O6. The van der Waals surface area contributed by atoms with E-state index in [9.17, 15) is 28.8 Å². The van der Waals surface area contributed by atoms with Crippen LogP contribution in [-0.4, -0.2) is 144 Å². The van der Waals surface area contributed by atoms with E-state index in [-0.39, 0.29) is 77.4 Å². The Morgan fingerprint density at radius 1 is 0.532 bits per heavy atom. The number of benzene rings is 4. The quantitative estimate of drug-likeness (QED) is 0.0551. The van der Waals surface area contributed by atoms with E-state index in [2.05, 4.69) is 40.2 Å². The second kappa shape index (κ2) is 28.1. The fourth-order valence-corrected chi connectivity index (χ4v) is 12.4. The maximum absolute atomic E-state index is 14.7. The molecule has 4 fully saturated rings. The van der Waals surface area contributed by atoms with Crippen LogP contribution in [0.3, 0.4) is 0 Å². The topological polar surface area (TPSA) is 204 Å². The number of carbonyl (C=O) groups is 6. The third kappa shape index (κ3) is 15.5. The molecule has 0 radical (unpaired) electrons. The SMILES string of the molecule is CN[C@@H](C)C(=O)N[C@H](C(=O)N1C[C@@H](N)C[C@H]1CN(CCc1ccccc1)C(=O)c1ccc(-c2ccc(C(=O)N(CCc3ccccc3)C[C@@H]3C[C@H](N)CN3C(=O)[C@@H](NC(=O)C(C)C)C3CCCCC3)cc2)cc1)C1CCCCC1. The van der Waals surface area contributed by atoms with Gasteiger partial charge in [-0.05, 0) is 124 Å². The minimum Gasteiger partial charge on any atom is -0.344 e. The van der Waals surface area contributed by atoms with Gasteiger partial charge < -0.3 is 47.0 Å². The lowest BCUT2D eigenvalue weighted by atomic mass is 9.83. The molecule has 4 aromatic carbocycles. The summed E-state index contributed by atoms with van der Waals surface area (Å²) in [6.07, 6.45) is 12.2. The van der Waals surface area contributed by atoms with Gasteiger partial charge in [0, 0.05) is 68.4 Å². The fraction of sp³-hybridized carbons (Fsp3) is 0.531. The predicted molar refractivity (Wildman–Crippen MR) is 311 cm³/mol. The number of nitrogens with one attached hydrogen (secondary N) is 3. The Hall–Kier alpha value is -6.42. The largest absolute Gasteiger partial charge is 0.344 e. The zero-order valence-corrected chi connectivity index (χ0v) is 47.2. The van der Waals surface area contributed by atoms with E-state index in [1.807, 2.05) is 118 Å². The molecule has 4 aromatic rings. The summed E-state index contributed by atoms with van der Waals surface area (Å²) in [6.45, 7) is 7.65. The maximum atomic E-state index is 14.7. The third-order valence-corrected chi connectivity index (χ3v) is 17.2. The van der Waals surface area contributed by atoms with Crippen molar-refractivity contribution in [1.82, 2.24) is 35.6 Å². The van der Waals surface area contributed by atoms with Crippen molar-refractivity contribution in [2.75, 3.05) is 46.3 Å². The molecule has 0 unspecified atom stereocenters. The normalized spacial score (nSPS) is 21.1. The van der Waals surface area contributed by atoms with Crippen molar-refractivity contribution in [3.63, 3.8) is 0 Å². The van der Waals surface area contributed by atoms with Crippen LogP contribution in [-0.2, 0) is 32.0 Å². The molecule has 79 heavy (non-hydrogen) atoms. The van der Waals surface area contributed by atoms with Crippen LogP contribution in [0.2, 0.25) is 0 Å². The molecule has 0 spiro atoms. The molecule has 2 saturated heterocycles. The molecule has 424 valence electrons. The standard InChI is InChI=1S/C64H87N9O6/c1-43(2)59(74)68-57(49-21-13-7-14-22-49)63(78)72-39-53(65)37-55(72)41-70(35-33-45-17-9-5-10-18-45)61(76)51-29-25-47(26-30-51)48-27-31-52(32-28-48)62(77)71(36-34-46-19-11-6-12-20-46)42-56-38-54(66)40-73(56)64(79)58(50-23-15-8-16-24-50)69-60(75)44(3)67-4/h5-6,9-12,17-20,25-32,43-44,49-50,53-58,67H,7-8,13-16,21-24,33-42,65-66H2,1-4H3,(H,68,74)(H,69,75)/t44-,53-,54-,55-,56-,57-,58-/m0/s1. The molecule has 2 aliphatic carbocycles. The molecule has 7 atom stereocenters. The van der Waals surface area contributed by atoms with Gasteiger partial charge in [-0.2, -0.15) is 0 Å². The Balaban J connectivity index is 0.985. The van der Waals surface area contributed by atoms with E-state index in [1.54, 1.807) is 14.0 Å². The molecule has 15 nitrogen and oxygen atoms in total. The summed E-state index contributed by atoms with van der Waals surface area (Å²) in [5.74, 6) is -1.06. The van der Waals surface area contributed by atoms with Crippen LogP contribution in [0.4, 0.5) is 0 Å². The number of carbonyl (C=O) groups excluding carboxylic acids is 6. The molecule has 2 saturated carbocycles. The van der Waals surface area contributed by atoms with Crippen LogP contribution in [0.5, 0.6) is 0 Å². The number of nitrogens with two attached hydrogens (primary N) is 2. The van der Waals surface area contributed by atoms with Crippen LogP contribution in [0.1, 0.15) is 130 Å². The smallest absolute Gasteiger partial charge is 0.253 e. The van der Waals surface area contributed by atoms with Gasteiger partial charge in [0.2, 0.25) is 23.6 Å². The van der Waals surface area contributed by atoms with E-state index in [0.717, 1.165) is 86.5 Å². The lowest BCUT2D eigenvalue weighted by molar-refractivity contribution is -0.140. The molecule has 0 bridgehead atoms. The summed E-state index contributed by atoms with van der Waals surface area (Å²) in [6, 6.07) is 32.3. The second-order valence-electron chi connectivity index (χ2n) is 23.3. The molecule has 4 aliphatic rings. The molecule has 8 rings (SSSR count). The van der Waals surface area contributed by atoms with Gasteiger partial charge >= 0.3 is 0 Å². The van der Waals surface area contributed by atoms with Gasteiger partial charge in [-0.25, -0.2) is 0 Å². The number of hydrogen-bond acceptors (Lipinski definition) is 9. The Morgan fingerprint density at radius 3 is 1.28 bits per heavy atom. The second-order valence-corrected chi connectivity index (χ2v) is 23.3. The van der Waals surface area contributed by atoms with Gasteiger partial charge in [-0.3, -0.25) is 28.8 Å². The fourth-order valence-electron chi connectivity index (χ4n) is 12.4. The van der Waals surface area contributed by atoms with Crippen LogP contribution in [0.25, 0.3) is 11.1 Å². The summed E-state index contributed by atoms with van der Waals surface area (Å²) < 4.78 is 0. The van der Waals surface area contributed by atoms with Crippen LogP contribution in [0.15, 0.2) is 109 Å². The van der Waals surface area contributed by atoms with Crippen molar-refractivity contribution in [1.29, 1.82) is 0 Å². The van der Waals surface area contributed by atoms with Crippen molar-refractivity contribution in [3.05, 3.63) is 131 Å². The Labute approximate surface area is 469 Å². The number of nitrogens with zero attached hydrogens (tertiary/aromatic N) is 4. The lowest BCUT2D eigenvalue weighted by Gasteiger charge is -2.37. The number of amides is 6. The van der Waals surface area contributed by atoms with Crippen LogP contribution < -0.4 is 27.4 Å².